The minimum Gasteiger partial charge on any atom is -0.455 e. The third-order valence-corrected chi connectivity index (χ3v) is 2.97. The summed E-state index contributed by atoms with van der Waals surface area (Å²) in [5.74, 6) is 1.37. The van der Waals surface area contributed by atoms with Gasteiger partial charge in [-0.05, 0) is 53.5 Å². The van der Waals surface area contributed by atoms with Crippen LogP contribution in [0.25, 0.3) is 11.0 Å². The highest BCUT2D eigenvalue weighted by atomic mass is 16.6. The number of aryl methyl sites for hydroxylation is 2. The third kappa shape index (κ3) is 1.99. The Bertz CT molecular complexity index is 750. The van der Waals surface area contributed by atoms with Gasteiger partial charge in [-0.1, -0.05) is 12.1 Å². The van der Waals surface area contributed by atoms with Gasteiger partial charge in [-0.15, -0.1) is 0 Å². The minimum absolute atomic E-state index is 0.516. The Morgan fingerprint density at radius 1 is 1.00 bits per heavy atom. The Morgan fingerprint density at radius 3 is 2.63 bits per heavy atom. The normalized spacial score (nSPS) is 10.8. The number of benzene rings is 2. The van der Waals surface area contributed by atoms with E-state index in [-0.39, 0.29) is 0 Å². The van der Waals surface area contributed by atoms with E-state index >= 15 is 0 Å². The van der Waals surface area contributed by atoms with E-state index in [2.05, 4.69) is 10.3 Å². The number of nitrogens with two attached hydrogens (primary N) is 1. The molecule has 0 atom stereocenters. The van der Waals surface area contributed by atoms with Crippen molar-refractivity contribution in [2.75, 3.05) is 5.73 Å². The van der Waals surface area contributed by atoms with E-state index in [1.54, 1.807) is 12.1 Å². The van der Waals surface area contributed by atoms with Crippen molar-refractivity contribution in [3.63, 3.8) is 0 Å². The van der Waals surface area contributed by atoms with Crippen LogP contribution < -0.4 is 10.5 Å². The predicted octanol–water partition coefficient (Wildman–Crippen LogP) is 3.21. The minimum atomic E-state index is 0.516. The Balaban J connectivity index is 2.08. The molecule has 5 heteroatoms. The average molecular weight is 255 g/mol. The highest BCUT2D eigenvalue weighted by molar-refractivity contribution is 5.90. The first-order chi connectivity index (χ1) is 9.15. The molecule has 0 saturated heterocycles. The average Bonchev–Trinajstić information content (AvgIpc) is 2.87. The molecule has 0 amide bonds. The number of hydrogen-bond acceptors (Lipinski definition) is 5. The number of hydrogen-bond donors (Lipinski definition) is 1. The molecule has 3 aromatic rings. The van der Waals surface area contributed by atoms with Crippen molar-refractivity contribution in [1.82, 2.24) is 10.3 Å². The SMILES string of the molecule is Cc1ccc(C)c(Oc2ccc(N)c3nonc23)c1. The third-order valence-electron chi connectivity index (χ3n) is 2.97. The Hall–Kier alpha value is -2.56. The Morgan fingerprint density at radius 2 is 1.79 bits per heavy atom. The molecule has 0 bridgehead atoms. The van der Waals surface area contributed by atoms with Gasteiger partial charge in [-0.3, -0.25) is 0 Å². The number of fused-ring (bicyclic) bond motifs is 1. The van der Waals surface area contributed by atoms with Crippen LogP contribution in [0.3, 0.4) is 0 Å². The molecule has 2 aromatic carbocycles. The lowest BCUT2D eigenvalue weighted by Gasteiger charge is -2.09. The zero-order chi connectivity index (χ0) is 13.4. The molecule has 0 saturated carbocycles. The molecular weight excluding hydrogens is 242 g/mol. The summed E-state index contributed by atoms with van der Waals surface area (Å²) in [4.78, 5) is 0. The molecule has 0 unspecified atom stereocenters. The van der Waals surface area contributed by atoms with Gasteiger partial charge in [0.1, 0.15) is 5.75 Å². The van der Waals surface area contributed by atoms with Gasteiger partial charge >= 0.3 is 0 Å². The van der Waals surface area contributed by atoms with E-state index in [0.29, 0.717) is 22.5 Å². The quantitative estimate of drug-likeness (QED) is 0.712. The van der Waals surface area contributed by atoms with Crippen molar-refractivity contribution >= 4 is 16.7 Å². The van der Waals surface area contributed by atoms with E-state index in [4.69, 9.17) is 15.1 Å². The van der Waals surface area contributed by atoms with Crippen LogP contribution in [0.4, 0.5) is 5.69 Å². The summed E-state index contributed by atoms with van der Waals surface area (Å²) in [6, 6.07) is 9.53. The van der Waals surface area contributed by atoms with Gasteiger partial charge in [0.05, 0.1) is 5.69 Å². The molecule has 5 nitrogen and oxygen atoms in total. The monoisotopic (exact) mass is 255 g/mol. The van der Waals surface area contributed by atoms with Gasteiger partial charge in [0, 0.05) is 0 Å². The first-order valence-corrected chi connectivity index (χ1v) is 5.91. The molecule has 0 radical (unpaired) electrons. The maximum Gasteiger partial charge on any atom is 0.179 e. The Labute approximate surface area is 109 Å². The van der Waals surface area contributed by atoms with Crippen LogP contribution in [0, 0.1) is 13.8 Å². The lowest BCUT2D eigenvalue weighted by atomic mass is 10.1. The second kappa shape index (κ2) is 4.28. The van der Waals surface area contributed by atoms with Crippen molar-refractivity contribution < 1.29 is 9.37 Å². The van der Waals surface area contributed by atoms with E-state index in [1.165, 1.54) is 0 Å². The van der Waals surface area contributed by atoms with Crippen LogP contribution >= 0.6 is 0 Å². The molecule has 0 aliphatic carbocycles. The number of ether oxygens (including phenoxy) is 1. The van der Waals surface area contributed by atoms with Crippen LogP contribution in [0.5, 0.6) is 11.5 Å². The molecule has 1 aromatic heterocycles. The second-order valence-electron chi connectivity index (χ2n) is 4.49. The molecule has 96 valence electrons. The van der Waals surface area contributed by atoms with Gasteiger partial charge in [-0.2, -0.15) is 0 Å². The van der Waals surface area contributed by atoms with Gasteiger partial charge < -0.3 is 10.5 Å². The summed E-state index contributed by atoms with van der Waals surface area (Å²) in [7, 11) is 0. The van der Waals surface area contributed by atoms with Gasteiger partial charge in [0.15, 0.2) is 16.8 Å². The van der Waals surface area contributed by atoms with Crippen molar-refractivity contribution in [3.8, 4) is 11.5 Å². The summed E-state index contributed by atoms with van der Waals surface area (Å²) in [6.07, 6.45) is 0. The van der Waals surface area contributed by atoms with Gasteiger partial charge in [0.25, 0.3) is 0 Å². The fraction of sp³-hybridized carbons (Fsp3) is 0.143. The van der Waals surface area contributed by atoms with E-state index in [9.17, 15) is 0 Å². The fourth-order valence-corrected chi connectivity index (χ4v) is 1.88. The first-order valence-electron chi connectivity index (χ1n) is 5.91. The molecule has 0 spiro atoms. The van der Waals surface area contributed by atoms with Crippen molar-refractivity contribution in [2.45, 2.75) is 13.8 Å². The molecule has 0 aliphatic heterocycles. The number of aromatic nitrogens is 2. The number of nitrogen functional groups attached to an aromatic ring is 1. The number of nitrogens with zero attached hydrogens (tertiary/aromatic N) is 2. The predicted molar refractivity (Wildman–Crippen MR) is 72.2 cm³/mol. The largest absolute Gasteiger partial charge is 0.455 e. The van der Waals surface area contributed by atoms with Crippen molar-refractivity contribution in [2.24, 2.45) is 0 Å². The standard InChI is InChI=1S/C14H13N3O2/c1-8-3-4-9(2)12(7-8)18-11-6-5-10(15)13-14(11)17-19-16-13/h3-7H,15H2,1-2H3. The van der Waals surface area contributed by atoms with Crippen LogP contribution in [0.2, 0.25) is 0 Å². The van der Waals surface area contributed by atoms with Crippen LogP contribution in [-0.2, 0) is 0 Å². The van der Waals surface area contributed by atoms with Crippen molar-refractivity contribution in [1.29, 1.82) is 0 Å². The number of anilines is 1. The topological polar surface area (TPSA) is 74.2 Å². The van der Waals surface area contributed by atoms with Gasteiger partial charge in [0.2, 0.25) is 0 Å². The van der Waals surface area contributed by atoms with Crippen LogP contribution in [-0.4, -0.2) is 10.3 Å². The lowest BCUT2D eigenvalue weighted by molar-refractivity contribution is 0.314. The molecule has 0 fully saturated rings. The summed E-state index contributed by atoms with van der Waals surface area (Å²) >= 11 is 0. The van der Waals surface area contributed by atoms with Crippen molar-refractivity contribution in [3.05, 3.63) is 41.5 Å². The highest BCUT2D eigenvalue weighted by Crippen LogP contribution is 2.32. The second-order valence-corrected chi connectivity index (χ2v) is 4.49. The van der Waals surface area contributed by atoms with Gasteiger partial charge in [-0.25, -0.2) is 4.63 Å². The maximum atomic E-state index is 5.90. The lowest BCUT2D eigenvalue weighted by Crippen LogP contribution is -1.92. The molecule has 0 aliphatic rings. The zero-order valence-corrected chi connectivity index (χ0v) is 10.7. The molecule has 1 heterocycles. The van der Waals surface area contributed by atoms with E-state index in [1.807, 2.05) is 32.0 Å². The summed E-state index contributed by atoms with van der Waals surface area (Å²) < 4.78 is 10.6. The molecule has 3 rings (SSSR count). The number of rotatable bonds is 2. The first kappa shape index (κ1) is 11.5. The summed E-state index contributed by atoms with van der Waals surface area (Å²) in [6.45, 7) is 4.01. The molecule has 19 heavy (non-hydrogen) atoms. The molecular formula is C14H13N3O2. The van der Waals surface area contributed by atoms with E-state index < -0.39 is 0 Å². The zero-order valence-electron chi connectivity index (χ0n) is 10.7. The van der Waals surface area contributed by atoms with E-state index in [0.717, 1.165) is 16.9 Å². The maximum absolute atomic E-state index is 5.90. The molecule has 2 N–H and O–H groups in total. The smallest absolute Gasteiger partial charge is 0.179 e. The highest BCUT2D eigenvalue weighted by Gasteiger charge is 2.12. The fourth-order valence-electron chi connectivity index (χ4n) is 1.88. The van der Waals surface area contributed by atoms with Crippen LogP contribution in [0.15, 0.2) is 35.0 Å². The summed E-state index contributed by atoms with van der Waals surface area (Å²) in [5, 5.41) is 7.61. The van der Waals surface area contributed by atoms with Crippen LogP contribution in [0.1, 0.15) is 11.1 Å². The Kier molecular flexibility index (Phi) is 2.59. The summed E-state index contributed by atoms with van der Waals surface area (Å²) in [5.41, 5.74) is 9.54.